The molecule has 2 fully saturated rings. The molecule has 2 N–H and O–H groups in total. The number of rotatable bonds is 5. The third-order valence-electron chi connectivity index (χ3n) is 5.95. The minimum Gasteiger partial charge on any atom is -0.326 e. The Morgan fingerprint density at radius 3 is 2.28 bits per heavy atom. The molecule has 7 nitrogen and oxygen atoms in total. The lowest BCUT2D eigenvalue weighted by molar-refractivity contribution is -0.131. The summed E-state index contributed by atoms with van der Waals surface area (Å²) < 4.78 is 2.14. The number of nitrogens with one attached hydrogen (secondary N) is 2. The van der Waals surface area contributed by atoms with E-state index < -0.39 is 5.54 Å². The first-order valence-electron chi connectivity index (χ1n) is 10.1. The van der Waals surface area contributed by atoms with E-state index in [0.29, 0.717) is 18.5 Å². The number of carbonyl (C=O) groups is 3. The fourth-order valence-electron chi connectivity index (χ4n) is 4.40. The molecule has 0 unspecified atom stereocenters. The SMILES string of the molecule is Cc1ccc(C)n1-c1ccc(NC(=O)CCN2C(=O)NC3(CCCC3)C2=O)cc1. The molecule has 29 heavy (non-hydrogen) atoms. The topological polar surface area (TPSA) is 83.4 Å². The summed E-state index contributed by atoms with van der Waals surface area (Å²) in [5.41, 5.74) is 3.29. The Kier molecular flexibility index (Phi) is 4.90. The van der Waals surface area contributed by atoms with E-state index in [1.165, 1.54) is 4.90 Å². The van der Waals surface area contributed by atoms with Gasteiger partial charge in [0.15, 0.2) is 0 Å². The van der Waals surface area contributed by atoms with Crippen LogP contribution < -0.4 is 10.6 Å². The minimum absolute atomic E-state index is 0.0762. The number of aromatic nitrogens is 1. The Morgan fingerprint density at radius 1 is 1.03 bits per heavy atom. The number of hydrogen-bond donors (Lipinski definition) is 2. The van der Waals surface area contributed by atoms with E-state index in [4.69, 9.17) is 0 Å². The largest absolute Gasteiger partial charge is 0.326 e. The summed E-state index contributed by atoms with van der Waals surface area (Å²) in [5, 5.41) is 5.68. The van der Waals surface area contributed by atoms with Crippen molar-refractivity contribution >= 4 is 23.5 Å². The number of urea groups is 1. The molecular weight excluding hydrogens is 368 g/mol. The van der Waals surface area contributed by atoms with Gasteiger partial charge in [-0.05, 0) is 63.1 Å². The van der Waals surface area contributed by atoms with Gasteiger partial charge >= 0.3 is 6.03 Å². The summed E-state index contributed by atoms with van der Waals surface area (Å²) in [6.45, 7) is 4.19. The average Bonchev–Trinajstić information content (AvgIpc) is 3.35. The van der Waals surface area contributed by atoms with E-state index in [1.54, 1.807) is 0 Å². The molecule has 4 amide bonds. The van der Waals surface area contributed by atoms with Crippen molar-refractivity contribution in [1.82, 2.24) is 14.8 Å². The van der Waals surface area contributed by atoms with Gasteiger partial charge < -0.3 is 15.2 Å². The quantitative estimate of drug-likeness (QED) is 0.764. The standard InChI is InChI=1S/C22H26N4O3/c1-15-5-6-16(2)26(15)18-9-7-17(8-10-18)23-19(27)11-14-25-20(28)22(24-21(25)29)12-3-4-13-22/h5-10H,3-4,11-14H2,1-2H3,(H,23,27)(H,24,29). The van der Waals surface area contributed by atoms with Crippen LogP contribution in [0.4, 0.5) is 10.5 Å². The second-order valence-corrected chi connectivity index (χ2v) is 7.97. The van der Waals surface area contributed by atoms with Gasteiger partial charge in [-0.1, -0.05) is 12.8 Å². The van der Waals surface area contributed by atoms with Crippen molar-refractivity contribution in [1.29, 1.82) is 0 Å². The maximum atomic E-state index is 12.6. The van der Waals surface area contributed by atoms with Crippen LogP contribution in [0.3, 0.4) is 0 Å². The molecule has 1 aliphatic heterocycles. The summed E-state index contributed by atoms with van der Waals surface area (Å²) in [7, 11) is 0. The fourth-order valence-corrected chi connectivity index (χ4v) is 4.40. The predicted molar refractivity (Wildman–Crippen MR) is 110 cm³/mol. The molecule has 1 saturated carbocycles. The van der Waals surface area contributed by atoms with Gasteiger partial charge in [0.2, 0.25) is 5.91 Å². The van der Waals surface area contributed by atoms with Crippen LogP contribution in [0.25, 0.3) is 5.69 Å². The Bertz CT molecular complexity index is 935. The Morgan fingerprint density at radius 2 is 1.66 bits per heavy atom. The van der Waals surface area contributed by atoms with Gasteiger partial charge in [-0.15, -0.1) is 0 Å². The molecule has 152 valence electrons. The number of imide groups is 1. The molecule has 0 bridgehead atoms. The van der Waals surface area contributed by atoms with Gasteiger partial charge in [0.1, 0.15) is 5.54 Å². The lowest BCUT2D eigenvalue weighted by Crippen LogP contribution is -2.44. The highest BCUT2D eigenvalue weighted by Gasteiger charge is 2.52. The van der Waals surface area contributed by atoms with E-state index in [1.807, 2.05) is 38.1 Å². The molecule has 2 aromatic rings. The van der Waals surface area contributed by atoms with Crippen LogP contribution in [0, 0.1) is 13.8 Å². The fraction of sp³-hybridized carbons (Fsp3) is 0.409. The first-order valence-corrected chi connectivity index (χ1v) is 10.1. The van der Waals surface area contributed by atoms with Gasteiger partial charge in [-0.2, -0.15) is 0 Å². The van der Waals surface area contributed by atoms with Crippen molar-refractivity contribution in [3.63, 3.8) is 0 Å². The molecule has 0 atom stereocenters. The molecule has 1 saturated heterocycles. The van der Waals surface area contributed by atoms with Crippen molar-refractivity contribution in [2.24, 2.45) is 0 Å². The van der Waals surface area contributed by atoms with E-state index in [9.17, 15) is 14.4 Å². The first-order chi connectivity index (χ1) is 13.9. The molecule has 2 heterocycles. The number of hydrogen-bond acceptors (Lipinski definition) is 3. The molecule has 1 aromatic carbocycles. The zero-order chi connectivity index (χ0) is 20.6. The normalized spacial score (nSPS) is 17.8. The molecule has 1 aromatic heterocycles. The van der Waals surface area contributed by atoms with Crippen LogP contribution >= 0.6 is 0 Å². The number of anilines is 1. The summed E-state index contributed by atoms with van der Waals surface area (Å²) in [5.74, 6) is -0.409. The van der Waals surface area contributed by atoms with E-state index >= 15 is 0 Å². The molecule has 7 heteroatoms. The van der Waals surface area contributed by atoms with Crippen LogP contribution in [0.2, 0.25) is 0 Å². The Balaban J connectivity index is 1.34. The second-order valence-electron chi connectivity index (χ2n) is 7.97. The molecule has 1 spiro atoms. The number of amides is 4. The highest BCUT2D eigenvalue weighted by atomic mass is 16.2. The second kappa shape index (κ2) is 7.39. The Hall–Kier alpha value is -3.09. The van der Waals surface area contributed by atoms with Gasteiger partial charge in [-0.25, -0.2) is 4.79 Å². The van der Waals surface area contributed by atoms with Crippen LogP contribution in [-0.2, 0) is 9.59 Å². The molecule has 2 aliphatic rings. The average molecular weight is 394 g/mol. The van der Waals surface area contributed by atoms with Gasteiger partial charge in [0, 0.05) is 35.7 Å². The minimum atomic E-state index is -0.724. The zero-order valence-electron chi connectivity index (χ0n) is 16.8. The lowest BCUT2D eigenvalue weighted by atomic mass is 9.98. The highest BCUT2D eigenvalue weighted by molar-refractivity contribution is 6.07. The predicted octanol–water partition coefficient (Wildman–Crippen LogP) is 3.29. The number of aryl methyl sites for hydroxylation is 2. The van der Waals surface area contributed by atoms with Crippen LogP contribution in [0.15, 0.2) is 36.4 Å². The van der Waals surface area contributed by atoms with Gasteiger partial charge in [0.25, 0.3) is 5.91 Å². The number of benzene rings is 1. The van der Waals surface area contributed by atoms with Crippen molar-refractivity contribution in [2.45, 2.75) is 51.5 Å². The van der Waals surface area contributed by atoms with E-state index in [2.05, 4.69) is 27.3 Å². The van der Waals surface area contributed by atoms with Crippen molar-refractivity contribution in [3.05, 3.63) is 47.8 Å². The molecule has 1 aliphatic carbocycles. The van der Waals surface area contributed by atoms with Crippen LogP contribution in [0.1, 0.15) is 43.5 Å². The summed E-state index contributed by atoms with van der Waals surface area (Å²) in [6.07, 6.45) is 3.34. The van der Waals surface area contributed by atoms with Crippen LogP contribution in [-0.4, -0.2) is 39.4 Å². The maximum absolute atomic E-state index is 12.6. The van der Waals surface area contributed by atoms with Crippen molar-refractivity contribution in [2.75, 3.05) is 11.9 Å². The summed E-state index contributed by atoms with van der Waals surface area (Å²) in [6, 6.07) is 11.4. The third-order valence-corrected chi connectivity index (χ3v) is 5.95. The molecular formula is C22H26N4O3. The van der Waals surface area contributed by atoms with Crippen molar-refractivity contribution in [3.8, 4) is 5.69 Å². The molecule has 0 radical (unpaired) electrons. The summed E-state index contributed by atoms with van der Waals surface area (Å²) >= 11 is 0. The highest BCUT2D eigenvalue weighted by Crippen LogP contribution is 2.35. The van der Waals surface area contributed by atoms with E-state index in [-0.39, 0.29) is 30.8 Å². The smallest absolute Gasteiger partial charge is 0.325 e. The van der Waals surface area contributed by atoms with Crippen molar-refractivity contribution < 1.29 is 14.4 Å². The Labute approximate surface area is 170 Å². The first kappa shape index (κ1) is 19.2. The zero-order valence-corrected chi connectivity index (χ0v) is 16.8. The number of nitrogens with zero attached hydrogens (tertiary/aromatic N) is 2. The number of carbonyl (C=O) groups excluding carboxylic acids is 3. The lowest BCUT2D eigenvalue weighted by Gasteiger charge is -2.19. The maximum Gasteiger partial charge on any atom is 0.325 e. The van der Waals surface area contributed by atoms with Gasteiger partial charge in [0.05, 0.1) is 0 Å². The van der Waals surface area contributed by atoms with Gasteiger partial charge in [-0.3, -0.25) is 14.5 Å². The monoisotopic (exact) mass is 394 g/mol. The molecule has 4 rings (SSSR count). The van der Waals surface area contributed by atoms with Crippen LogP contribution in [0.5, 0.6) is 0 Å². The summed E-state index contributed by atoms with van der Waals surface area (Å²) in [4.78, 5) is 38.3. The third kappa shape index (κ3) is 3.52. The van der Waals surface area contributed by atoms with E-state index in [0.717, 1.165) is 29.9 Å².